The van der Waals surface area contributed by atoms with Crippen molar-refractivity contribution in [1.82, 2.24) is 4.98 Å². The molecule has 0 amide bonds. The molecule has 0 aliphatic heterocycles. The summed E-state index contributed by atoms with van der Waals surface area (Å²) in [7, 11) is 0. The van der Waals surface area contributed by atoms with Gasteiger partial charge in [-0.15, -0.1) is 0 Å². The Morgan fingerprint density at radius 1 is 1.08 bits per heavy atom. The fraction of sp³-hybridized carbons (Fsp3) is 0.483. The van der Waals surface area contributed by atoms with Crippen LogP contribution in [0.25, 0.3) is 22.1 Å². The van der Waals surface area contributed by atoms with Gasteiger partial charge in [0.15, 0.2) is 0 Å². The van der Waals surface area contributed by atoms with Crippen LogP contribution in [0, 0.1) is 5.92 Å². The largest absolute Gasteiger partial charge is 0.478 e. The second kappa shape index (κ2) is 17.3. The Bertz CT molecular complexity index is 1220. The van der Waals surface area contributed by atoms with Crippen molar-refractivity contribution in [3.8, 4) is 17.0 Å². The van der Waals surface area contributed by atoms with Gasteiger partial charge in [0.25, 0.3) is 0 Å². The number of unbranched alkanes of at least 4 members (excludes halogenated alkanes) is 5. The van der Waals surface area contributed by atoms with Crippen molar-refractivity contribution in [1.29, 1.82) is 0 Å². The zero-order chi connectivity index (χ0) is 28.7. The van der Waals surface area contributed by atoms with Gasteiger partial charge in [0.2, 0.25) is 5.88 Å². The van der Waals surface area contributed by atoms with Gasteiger partial charge in [-0.2, -0.15) is 24.9 Å². The number of nitrogens with zero attached hydrogens (tertiary/aromatic N) is 1. The zero-order valence-electron chi connectivity index (χ0n) is 22.6. The SMILES string of the molecule is CCC(C)C=O.CSCCCCCCCCOc1cc2oc(=O)c(-c3cccc(SC(F)(F)F)c3)cc2cn1. The predicted octanol–water partition coefficient (Wildman–Crippen LogP) is 8.78. The molecule has 0 fully saturated rings. The lowest BCUT2D eigenvalue weighted by Gasteiger charge is -2.08. The number of ether oxygens (including phenoxy) is 1. The molecule has 0 N–H and O–H groups in total. The number of thioether (sulfide) groups is 2. The molecule has 3 aromatic rings. The summed E-state index contributed by atoms with van der Waals surface area (Å²) in [6, 6.07) is 8.87. The Balaban J connectivity index is 0.000000798. The Morgan fingerprint density at radius 3 is 2.44 bits per heavy atom. The van der Waals surface area contributed by atoms with Crippen LogP contribution in [0.4, 0.5) is 13.2 Å². The van der Waals surface area contributed by atoms with Gasteiger partial charge in [-0.3, -0.25) is 0 Å². The van der Waals surface area contributed by atoms with E-state index in [1.54, 1.807) is 18.2 Å². The highest BCUT2D eigenvalue weighted by molar-refractivity contribution is 8.00. The maximum absolute atomic E-state index is 12.7. The first kappa shape index (κ1) is 32.8. The van der Waals surface area contributed by atoms with Crippen LogP contribution in [0.2, 0.25) is 0 Å². The van der Waals surface area contributed by atoms with E-state index in [-0.39, 0.29) is 28.1 Å². The summed E-state index contributed by atoms with van der Waals surface area (Å²) in [5.74, 6) is 1.85. The smallest absolute Gasteiger partial charge is 0.446 e. The Hall–Kier alpha value is -2.46. The number of carbonyl (C=O) groups is 1. The molecule has 1 unspecified atom stereocenters. The number of carbonyl (C=O) groups excluding carboxylic acids is 1. The van der Waals surface area contributed by atoms with E-state index in [0.29, 0.717) is 29.0 Å². The molecule has 0 bridgehead atoms. The van der Waals surface area contributed by atoms with Gasteiger partial charge in [-0.1, -0.05) is 51.7 Å². The minimum Gasteiger partial charge on any atom is -0.478 e. The number of fused-ring (bicyclic) bond motifs is 1. The highest BCUT2D eigenvalue weighted by Gasteiger charge is 2.29. The summed E-state index contributed by atoms with van der Waals surface area (Å²) in [6.45, 7) is 4.45. The van der Waals surface area contributed by atoms with Gasteiger partial charge in [-0.05, 0) is 66.8 Å². The van der Waals surface area contributed by atoms with Crippen LogP contribution >= 0.6 is 23.5 Å². The molecule has 0 aliphatic rings. The molecule has 3 rings (SSSR count). The number of hydrogen-bond acceptors (Lipinski definition) is 7. The van der Waals surface area contributed by atoms with Gasteiger partial charge in [0.05, 0.1) is 12.2 Å². The van der Waals surface area contributed by atoms with Crippen molar-refractivity contribution in [2.75, 3.05) is 18.6 Å². The molecule has 0 saturated heterocycles. The van der Waals surface area contributed by atoms with Crippen LogP contribution in [0.15, 0.2) is 56.7 Å². The van der Waals surface area contributed by atoms with Crippen molar-refractivity contribution in [3.63, 3.8) is 0 Å². The Morgan fingerprint density at radius 2 is 1.79 bits per heavy atom. The zero-order valence-corrected chi connectivity index (χ0v) is 24.2. The summed E-state index contributed by atoms with van der Waals surface area (Å²) < 4.78 is 49.1. The van der Waals surface area contributed by atoms with E-state index in [4.69, 9.17) is 9.15 Å². The normalized spacial score (nSPS) is 12.1. The predicted molar refractivity (Wildman–Crippen MR) is 155 cm³/mol. The second-order valence-corrected chi connectivity index (χ2v) is 11.2. The molecule has 0 saturated carbocycles. The monoisotopic (exact) mass is 583 g/mol. The van der Waals surface area contributed by atoms with E-state index in [1.165, 1.54) is 55.8 Å². The van der Waals surface area contributed by atoms with Crippen LogP contribution in [0.1, 0.15) is 58.8 Å². The highest BCUT2D eigenvalue weighted by Crippen LogP contribution is 2.38. The van der Waals surface area contributed by atoms with Crippen molar-refractivity contribution >= 4 is 40.8 Å². The summed E-state index contributed by atoms with van der Waals surface area (Å²) in [5, 5.41) is 0.566. The maximum atomic E-state index is 12.7. The third-order valence-electron chi connectivity index (χ3n) is 5.84. The number of halogens is 3. The van der Waals surface area contributed by atoms with Crippen LogP contribution in [0.3, 0.4) is 0 Å². The topological polar surface area (TPSA) is 69.4 Å². The standard InChI is InChI=1S/C24H26F3NO3S2.C5H10O/c1-32-12-7-5-3-2-4-6-11-30-22-15-21-18(16-28-22)14-20(23(29)31-21)17-9-8-10-19(13-17)33-24(25,26)27;1-3-5(2)4-6/h8-10,13-16H,2-7,11-12H2,1H3;4-5H,3H2,1-2H3. The molecule has 214 valence electrons. The van der Waals surface area contributed by atoms with E-state index in [0.717, 1.165) is 25.5 Å². The number of hydrogen-bond donors (Lipinski definition) is 0. The fourth-order valence-corrected chi connectivity index (χ4v) is 4.56. The van der Waals surface area contributed by atoms with Crippen LogP contribution in [-0.4, -0.2) is 35.4 Å². The molecule has 39 heavy (non-hydrogen) atoms. The molecular weight excluding hydrogens is 547 g/mol. The third kappa shape index (κ3) is 12.5. The fourth-order valence-electron chi connectivity index (χ4n) is 3.46. The van der Waals surface area contributed by atoms with Crippen molar-refractivity contribution in [2.45, 2.75) is 69.2 Å². The van der Waals surface area contributed by atoms with Crippen molar-refractivity contribution in [3.05, 3.63) is 53.0 Å². The second-order valence-electron chi connectivity index (χ2n) is 9.07. The summed E-state index contributed by atoms with van der Waals surface area (Å²) in [6.07, 6.45) is 12.6. The van der Waals surface area contributed by atoms with Crippen molar-refractivity contribution in [2.24, 2.45) is 5.92 Å². The minimum absolute atomic E-state index is 0.00123. The van der Waals surface area contributed by atoms with E-state index in [2.05, 4.69) is 11.2 Å². The average Bonchev–Trinajstić information content (AvgIpc) is 2.90. The van der Waals surface area contributed by atoms with Crippen molar-refractivity contribution < 1.29 is 27.1 Å². The molecule has 10 heteroatoms. The molecule has 1 aromatic carbocycles. The first-order chi connectivity index (χ1) is 18.7. The number of aldehydes is 1. The minimum atomic E-state index is -4.40. The first-order valence-electron chi connectivity index (χ1n) is 13.0. The Labute approximate surface area is 236 Å². The summed E-state index contributed by atoms with van der Waals surface area (Å²) in [4.78, 5) is 26.5. The maximum Gasteiger partial charge on any atom is 0.446 e. The van der Waals surface area contributed by atoms with E-state index in [9.17, 15) is 22.8 Å². The van der Waals surface area contributed by atoms with E-state index in [1.807, 2.05) is 25.6 Å². The summed E-state index contributed by atoms with van der Waals surface area (Å²) >= 11 is 1.66. The quantitative estimate of drug-likeness (QED) is 0.107. The Kier molecular flexibility index (Phi) is 14.5. The molecule has 1 atom stereocenters. The van der Waals surface area contributed by atoms with Gasteiger partial charge in [-0.25, -0.2) is 9.78 Å². The van der Waals surface area contributed by atoms with Crippen LogP contribution in [-0.2, 0) is 4.79 Å². The molecule has 0 radical (unpaired) electrons. The van der Waals surface area contributed by atoms with Gasteiger partial charge < -0.3 is 13.9 Å². The van der Waals surface area contributed by atoms with E-state index >= 15 is 0 Å². The molecule has 5 nitrogen and oxygen atoms in total. The number of rotatable bonds is 14. The number of benzene rings is 1. The number of pyridine rings is 1. The lowest BCUT2D eigenvalue weighted by Crippen LogP contribution is -2.04. The van der Waals surface area contributed by atoms with E-state index < -0.39 is 11.1 Å². The molecular formula is C29H36F3NO4S2. The molecule has 2 heterocycles. The number of alkyl halides is 3. The van der Waals surface area contributed by atoms with Gasteiger partial charge in [0, 0.05) is 28.5 Å². The highest BCUT2D eigenvalue weighted by atomic mass is 32.2. The average molecular weight is 584 g/mol. The van der Waals surface area contributed by atoms with Gasteiger partial charge >= 0.3 is 11.1 Å². The molecule has 0 aliphatic carbocycles. The van der Waals surface area contributed by atoms with Crippen LogP contribution in [0.5, 0.6) is 5.88 Å². The first-order valence-corrected chi connectivity index (χ1v) is 15.2. The lowest BCUT2D eigenvalue weighted by molar-refractivity contribution is -0.110. The van der Waals surface area contributed by atoms with Crippen LogP contribution < -0.4 is 10.4 Å². The lowest BCUT2D eigenvalue weighted by atomic mass is 10.1. The third-order valence-corrected chi connectivity index (χ3v) is 7.26. The molecule has 0 spiro atoms. The van der Waals surface area contributed by atoms with Gasteiger partial charge in [0.1, 0.15) is 11.9 Å². The summed E-state index contributed by atoms with van der Waals surface area (Å²) in [5.41, 5.74) is -4.17. The number of aromatic nitrogens is 1. The molecule has 2 aromatic heterocycles.